The second-order valence-electron chi connectivity index (χ2n) is 4.11. The molecule has 1 aliphatic heterocycles. The van der Waals surface area contributed by atoms with Gasteiger partial charge in [-0.15, -0.1) is 0 Å². The molecule has 0 aromatic rings. The molecule has 0 bridgehead atoms. The topological polar surface area (TPSA) is 40.5 Å². The SMILES string of the molecule is CCSCCN1CCC(C(=O)O)(C(F)(F)F)C1. The van der Waals surface area contributed by atoms with Gasteiger partial charge >= 0.3 is 12.1 Å². The predicted molar refractivity (Wildman–Crippen MR) is 60.2 cm³/mol. The first kappa shape index (κ1) is 14.6. The number of hydrogen-bond donors (Lipinski definition) is 1. The molecule has 1 aliphatic rings. The quantitative estimate of drug-likeness (QED) is 0.777. The third-order valence-electron chi connectivity index (χ3n) is 3.06. The molecular formula is C10H16F3NO2S. The van der Waals surface area contributed by atoms with Gasteiger partial charge in [0.15, 0.2) is 5.41 Å². The first-order valence-electron chi connectivity index (χ1n) is 5.43. The maximum atomic E-state index is 12.8. The minimum atomic E-state index is -4.68. The molecule has 0 aliphatic carbocycles. The van der Waals surface area contributed by atoms with Crippen molar-refractivity contribution in [3.05, 3.63) is 0 Å². The number of carboxylic acid groups (broad SMARTS) is 1. The van der Waals surface area contributed by atoms with Gasteiger partial charge in [0.1, 0.15) is 0 Å². The van der Waals surface area contributed by atoms with Gasteiger partial charge in [0.25, 0.3) is 0 Å². The summed E-state index contributed by atoms with van der Waals surface area (Å²) >= 11 is 1.64. The Bertz CT molecular complexity index is 285. The van der Waals surface area contributed by atoms with Crippen molar-refractivity contribution in [2.45, 2.75) is 19.5 Å². The van der Waals surface area contributed by atoms with Crippen LogP contribution in [0.25, 0.3) is 0 Å². The highest BCUT2D eigenvalue weighted by Crippen LogP contribution is 2.45. The third kappa shape index (κ3) is 3.07. The summed E-state index contributed by atoms with van der Waals surface area (Å²) in [4.78, 5) is 12.5. The lowest BCUT2D eigenvalue weighted by Crippen LogP contribution is -2.47. The molecule has 1 unspecified atom stereocenters. The van der Waals surface area contributed by atoms with Gasteiger partial charge < -0.3 is 10.0 Å². The highest BCUT2D eigenvalue weighted by molar-refractivity contribution is 7.99. The van der Waals surface area contributed by atoms with Crippen molar-refractivity contribution in [2.75, 3.05) is 31.1 Å². The van der Waals surface area contributed by atoms with E-state index in [2.05, 4.69) is 0 Å². The van der Waals surface area contributed by atoms with Crippen LogP contribution in [0.5, 0.6) is 0 Å². The molecule has 0 saturated carbocycles. The highest BCUT2D eigenvalue weighted by atomic mass is 32.2. The molecule has 0 aromatic carbocycles. The Morgan fingerprint density at radius 2 is 2.18 bits per heavy atom. The number of halogens is 3. The number of carboxylic acids is 1. The zero-order chi connectivity index (χ0) is 13.1. The number of thioether (sulfide) groups is 1. The largest absolute Gasteiger partial charge is 0.481 e. The molecule has 0 radical (unpaired) electrons. The summed E-state index contributed by atoms with van der Waals surface area (Å²) in [5.41, 5.74) is -2.57. The summed E-state index contributed by atoms with van der Waals surface area (Å²) in [6.07, 6.45) is -5.02. The van der Waals surface area contributed by atoms with Crippen molar-refractivity contribution >= 4 is 17.7 Å². The van der Waals surface area contributed by atoms with Gasteiger partial charge in [0.05, 0.1) is 0 Å². The minimum Gasteiger partial charge on any atom is -0.481 e. The molecule has 0 amide bonds. The van der Waals surface area contributed by atoms with Gasteiger partial charge in [0.2, 0.25) is 0 Å². The van der Waals surface area contributed by atoms with E-state index in [1.807, 2.05) is 6.92 Å². The fraction of sp³-hybridized carbons (Fsp3) is 0.900. The summed E-state index contributed by atoms with van der Waals surface area (Å²) < 4.78 is 38.4. The molecule has 7 heteroatoms. The number of likely N-dealkylation sites (tertiary alicyclic amines) is 1. The molecule has 1 rings (SSSR count). The summed E-state index contributed by atoms with van der Waals surface area (Å²) in [6.45, 7) is 2.28. The number of rotatable bonds is 5. The van der Waals surface area contributed by atoms with Gasteiger partial charge in [0, 0.05) is 18.8 Å². The van der Waals surface area contributed by atoms with Crippen molar-refractivity contribution in [3.63, 3.8) is 0 Å². The van der Waals surface area contributed by atoms with E-state index >= 15 is 0 Å². The summed E-state index contributed by atoms with van der Waals surface area (Å²) in [7, 11) is 0. The van der Waals surface area contributed by atoms with Crippen LogP contribution in [-0.2, 0) is 4.79 Å². The molecule has 0 aromatic heterocycles. The molecule has 0 spiro atoms. The lowest BCUT2D eigenvalue weighted by Gasteiger charge is -2.27. The molecule has 1 saturated heterocycles. The van der Waals surface area contributed by atoms with Crippen LogP contribution in [-0.4, -0.2) is 53.3 Å². The van der Waals surface area contributed by atoms with E-state index in [-0.39, 0.29) is 13.0 Å². The number of carbonyl (C=O) groups is 1. The maximum Gasteiger partial charge on any atom is 0.406 e. The Morgan fingerprint density at radius 1 is 1.53 bits per heavy atom. The number of alkyl halides is 3. The zero-order valence-electron chi connectivity index (χ0n) is 9.59. The molecule has 1 heterocycles. The Kier molecular flexibility index (Phi) is 4.71. The maximum absolute atomic E-state index is 12.8. The monoisotopic (exact) mass is 271 g/mol. The van der Waals surface area contributed by atoms with Gasteiger partial charge in [-0.2, -0.15) is 24.9 Å². The van der Waals surface area contributed by atoms with Gasteiger partial charge in [-0.05, 0) is 18.7 Å². The van der Waals surface area contributed by atoms with E-state index in [9.17, 15) is 18.0 Å². The van der Waals surface area contributed by atoms with Crippen molar-refractivity contribution in [1.29, 1.82) is 0 Å². The number of nitrogens with zero attached hydrogens (tertiary/aromatic N) is 1. The Hall–Kier alpha value is -0.430. The first-order chi connectivity index (χ1) is 7.83. The van der Waals surface area contributed by atoms with Crippen LogP contribution < -0.4 is 0 Å². The van der Waals surface area contributed by atoms with Crippen LogP contribution in [0.4, 0.5) is 13.2 Å². The second-order valence-corrected chi connectivity index (χ2v) is 5.50. The van der Waals surface area contributed by atoms with Crippen LogP contribution >= 0.6 is 11.8 Å². The summed E-state index contributed by atoms with van der Waals surface area (Å²) in [5, 5.41) is 8.84. The molecule has 100 valence electrons. The minimum absolute atomic E-state index is 0.204. The molecule has 1 atom stereocenters. The van der Waals surface area contributed by atoms with Crippen LogP contribution in [0.2, 0.25) is 0 Å². The molecule has 3 nitrogen and oxygen atoms in total. The van der Waals surface area contributed by atoms with Crippen LogP contribution in [0.15, 0.2) is 0 Å². The molecular weight excluding hydrogens is 255 g/mol. The number of aliphatic carboxylic acids is 1. The summed E-state index contributed by atoms with van der Waals surface area (Å²) in [6, 6.07) is 0. The smallest absolute Gasteiger partial charge is 0.406 e. The van der Waals surface area contributed by atoms with Crippen molar-refractivity contribution in [2.24, 2.45) is 5.41 Å². The number of hydrogen-bond acceptors (Lipinski definition) is 3. The fourth-order valence-electron chi connectivity index (χ4n) is 1.94. The van der Waals surface area contributed by atoms with E-state index in [4.69, 9.17) is 5.11 Å². The van der Waals surface area contributed by atoms with Crippen LogP contribution in [0.3, 0.4) is 0 Å². The first-order valence-corrected chi connectivity index (χ1v) is 6.59. The van der Waals surface area contributed by atoms with Gasteiger partial charge in [-0.3, -0.25) is 4.79 Å². The van der Waals surface area contributed by atoms with Crippen LogP contribution in [0.1, 0.15) is 13.3 Å². The molecule has 17 heavy (non-hydrogen) atoms. The van der Waals surface area contributed by atoms with Crippen molar-refractivity contribution in [3.8, 4) is 0 Å². The van der Waals surface area contributed by atoms with Gasteiger partial charge in [-0.1, -0.05) is 6.92 Å². The van der Waals surface area contributed by atoms with Gasteiger partial charge in [-0.25, -0.2) is 0 Å². The van der Waals surface area contributed by atoms with E-state index in [1.165, 1.54) is 0 Å². The van der Waals surface area contributed by atoms with E-state index in [1.54, 1.807) is 16.7 Å². The second kappa shape index (κ2) is 5.48. The Labute approximate surface area is 102 Å². The molecule has 1 fully saturated rings. The van der Waals surface area contributed by atoms with Crippen molar-refractivity contribution in [1.82, 2.24) is 4.90 Å². The van der Waals surface area contributed by atoms with E-state index in [0.717, 1.165) is 11.5 Å². The molecule has 1 N–H and O–H groups in total. The lowest BCUT2D eigenvalue weighted by atomic mass is 9.86. The Balaban J connectivity index is 2.63. The zero-order valence-corrected chi connectivity index (χ0v) is 10.4. The predicted octanol–water partition coefficient (Wildman–Crippen LogP) is 2.08. The average Bonchev–Trinajstić information content (AvgIpc) is 2.63. The summed E-state index contributed by atoms with van der Waals surface area (Å²) in [5.74, 6) is -0.100. The van der Waals surface area contributed by atoms with E-state index < -0.39 is 24.1 Å². The van der Waals surface area contributed by atoms with Crippen LogP contribution in [0, 0.1) is 5.41 Å². The third-order valence-corrected chi connectivity index (χ3v) is 3.94. The Morgan fingerprint density at radius 3 is 2.59 bits per heavy atom. The normalized spacial score (nSPS) is 26.4. The lowest BCUT2D eigenvalue weighted by molar-refractivity contribution is -0.227. The van der Waals surface area contributed by atoms with E-state index in [0.29, 0.717) is 6.54 Å². The van der Waals surface area contributed by atoms with Crippen molar-refractivity contribution < 1.29 is 23.1 Å². The highest BCUT2D eigenvalue weighted by Gasteiger charge is 2.63. The average molecular weight is 271 g/mol. The standard InChI is InChI=1S/C10H16F3NO2S/c1-2-17-6-5-14-4-3-9(7-14,8(15)16)10(11,12)13/h2-7H2,1H3,(H,15,16). The fourth-order valence-corrected chi connectivity index (χ4v) is 2.62.